The molecule has 2 rings (SSSR count). The van der Waals surface area contributed by atoms with Crippen LogP contribution in [0.25, 0.3) is 6.08 Å². The number of benzene rings is 1. The predicted octanol–water partition coefficient (Wildman–Crippen LogP) is 1.66. The van der Waals surface area contributed by atoms with Crippen molar-refractivity contribution in [1.29, 1.82) is 0 Å². The van der Waals surface area contributed by atoms with E-state index in [0.29, 0.717) is 21.9 Å². The minimum absolute atomic E-state index is 0.272. The number of nitrogens with two attached hydrogens (primary N) is 1. The van der Waals surface area contributed by atoms with Crippen molar-refractivity contribution in [2.75, 3.05) is 20.8 Å². The van der Waals surface area contributed by atoms with Crippen molar-refractivity contribution >= 4 is 35.2 Å². The fourth-order valence-corrected chi connectivity index (χ4v) is 3.00. The molecule has 3 N–H and O–H groups in total. The maximum atomic E-state index is 12.2. The Hall–Kier alpha value is -3.33. The van der Waals surface area contributed by atoms with Crippen molar-refractivity contribution in [1.82, 2.24) is 5.32 Å². The van der Waals surface area contributed by atoms with Crippen molar-refractivity contribution in [3.8, 4) is 11.5 Å². The van der Waals surface area contributed by atoms with Crippen LogP contribution in [-0.2, 0) is 19.1 Å². The lowest BCUT2D eigenvalue weighted by molar-refractivity contribution is -0.144. The van der Waals surface area contributed by atoms with E-state index in [4.69, 9.17) is 19.9 Å². The average Bonchev–Trinajstić information content (AvgIpc) is 3.22. The number of amides is 2. The number of ether oxygens (including phenoxy) is 3. The second kappa shape index (κ2) is 10.1. The van der Waals surface area contributed by atoms with Crippen molar-refractivity contribution in [3.63, 3.8) is 0 Å². The van der Waals surface area contributed by atoms with Crippen LogP contribution in [-0.4, -0.2) is 38.6 Å². The van der Waals surface area contributed by atoms with Crippen LogP contribution in [0.1, 0.15) is 16.5 Å². The van der Waals surface area contributed by atoms with Gasteiger partial charge in [0.1, 0.15) is 0 Å². The number of hydrogen-bond donors (Lipinski definition) is 2. The second-order valence-electron chi connectivity index (χ2n) is 5.48. The number of methoxy groups -OCH3 is 2. The molecule has 8 nitrogen and oxygen atoms in total. The first-order chi connectivity index (χ1) is 13.4. The molecular weight excluding hydrogens is 384 g/mol. The lowest BCUT2D eigenvalue weighted by atomic mass is 10.2. The topological polar surface area (TPSA) is 117 Å². The van der Waals surface area contributed by atoms with Gasteiger partial charge in [-0.3, -0.25) is 9.59 Å². The molecule has 1 aromatic heterocycles. The van der Waals surface area contributed by atoms with Gasteiger partial charge >= 0.3 is 5.97 Å². The summed E-state index contributed by atoms with van der Waals surface area (Å²) in [5.41, 5.74) is 5.71. The van der Waals surface area contributed by atoms with E-state index in [0.717, 1.165) is 0 Å². The number of carbonyl (C=O) groups is 3. The third-order valence-corrected chi connectivity index (χ3v) is 4.47. The van der Waals surface area contributed by atoms with Crippen LogP contribution in [0.3, 0.4) is 0 Å². The molecule has 0 saturated carbocycles. The molecule has 0 radical (unpaired) electrons. The highest BCUT2D eigenvalue weighted by atomic mass is 32.1. The highest BCUT2D eigenvalue weighted by Crippen LogP contribution is 2.28. The fraction of sp³-hybridized carbons (Fsp3) is 0.211. The van der Waals surface area contributed by atoms with Crippen molar-refractivity contribution in [3.05, 3.63) is 52.2 Å². The largest absolute Gasteiger partial charge is 0.493 e. The molecule has 1 atom stereocenters. The van der Waals surface area contributed by atoms with Gasteiger partial charge in [-0.15, -0.1) is 11.3 Å². The van der Waals surface area contributed by atoms with E-state index in [-0.39, 0.29) is 6.61 Å². The Labute approximate surface area is 165 Å². The van der Waals surface area contributed by atoms with Gasteiger partial charge in [-0.2, -0.15) is 0 Å². The van der Waals surface area contributed by atoms with Crippen LogP contribution in [0.2, 0.25) is 0 Å². The van der Waals surface area contributed by atoms with Gasteiger partial charge in [0.05, 0.1) is 14.2 Å². The Morgan fingerprint density at radius 1 is 1.21 bits per heavy atom. The normalized spacial score (nSPS) is 11.6. The van der Waals surface area contributed by atoms with Gasteiger partial charge in [0.25, 0.3) is 5.91 Å². The molecule has 1 heterocycles. The summed E-state index contributed by atoms with van der Waals surface area (Å²) < 4.78 is 15.2. The summed E-state index contributed by atoms with van der Waals surface area (Å²) in [6.07, 6.45) is 2.85. The van der Waals surface area contributed by atoms with Gasteiger partial charge < -0.3 is 25.3 Å². The summed E-state index contributed by atoms with van der Waals surface area (Å²) in [5, 5.41) is 4.42. The Balaban J connectivity index is 2.08. The molecule has 28 heavy (non-hydrogen) atoms. The standard InChI is InChI=1S/C19H20N2O6S/c1-25-14-10-12(5-7-13(14)27-11-16(20)22)6-8-17(23)21-18(19(24)26-2)15-4-3-9-28-15/h3-10,18H,11H2,1-2H3,(H2,20,22)(H,21,23)/b8-6-/t18-/m1/s1. The molecule has 0 spiro atoms. The van der Waals surface area contributed by atoms with Crippen molar-refractivity contribution < 1.29 is 28.6 Å². The number of hydrogen-bond acceptors (Lipinski definition) is 7. The maximum absolute atomic E-state index is 12.2. The zero-order valence-electron chi connectivity index (χ0n) is 15.3. The second-order valence-corrected chi connectivity index (χ2v) is 6.46. The van der Waals surface area contributed by atoms with E-state index in [1.807, 2.05) is 0 Å². The summed E-state index contributed by atoms with van der Waals surface area (Å²) >= 11 is 1.34. The van der Waals surface area contributed by atoms with Gasteiger partial charge in [-0.25, -0.2) is 4.79 Å². The maximum Gasteiger partial charge on any atom is 0.333 e. The van der Waals surface area contributed by atoms with Crippen LogP contribution < -0.4 is 20.5 Å². The smallest absolute Gasteiger partial charge is 0.333 e. The molecular formula is C19H20N2O6S. The van der Waals surface area contributed by atoms with Gasteiger partial charge in [-0.1, -0.05) is 12.1 Å². The van der Waals surface area contributed by atoms with E-state index < -0.39 is 23.8 Å². The third kappa shape index (κ3) is 5.85. The van der Waals surface area contributed by atoms with Crippen molar-refractivity contribution in [2.24, 2.45) is 5.73 Å². The monoisotopic (exact) mass is 404 g/mol. The van der Waals surface area contributed by atoms with Gasteiger partial charge in [0.15, 0.2) is 24.1 Å². The lowest BCUT2D eigenvalue weighted by Gasteiger charge is -2.13. The molecule has 0 bridgehead atoms. The number of primary amides is 1. The SMILES string of the molecule is COC(=O)[C@H](NC(=O)/C=C\c1ccc(OCC(N)=O)c(OC)c1)c1cccs1. The number of nitrogens with one attached hydrogen (secondary N) is 1. The number of thiophene rings is 1. The van der Waals surface area contributed by atoms with Gasteiger partial charge in [0, 0.05) is 11.0 Å². The van der Waals surface area contributed by atoms with Crippen molar-refractivity contribution in [2.45, 2.75) is 6.04 Å². The summed E-state index contributed by atoms with van der Waals surface area (Å²) in [7, 11) is 2.72. The molecule has 9 heteroatoms. The first-order valence-corrected chi connectivity index (χ1v) is 9.01. The van der Waals surface area contributed by atoms with E-state index >= 15 is 0 Å². The van der Waals surface area contributed by atoms with Crippen LogP contribution in [0.15, 0.2) is 41.8 Å². The van der Waals surface area contributed by atoms with E-state index in [2.05, 4.69) is 5.32 Å². The van der Waals surface area contributed by atoms with Crippen LogP contribution in [0, 0.1) is 0 Å². The third-order valence-electron chi connectivity index (χ3n) is 3.54. The first-order valence-electron chi connectivity index (χ1n) is 8.13. The molecule has 0 aliphatic rings. The summed E-state index contributed by atoms with van der Waals surface area (Å²) in [6, 6.07) is 7.57. The number of carbonyl (C=O) groups excluding carboxylic acids is 3. The number of esters is 1. The highest BCUT2D eigenvalue weighted by Gasteiger charge is 2.23. The predicted molar refractivity (Wildman–Crippen MR) is 104 cm³/mol. The molecule has 2 aromatic rings. The molecule has 2 amide bonds. The van der Waals surface area contributed by atoms with Crippen LogP contribution in [0.4, 0.5) is 0 Å². The Morgan fingerprint density at radius 2 is 2.00 bits per heavy atom. The molecule has 0 fully saturated rings. The van der Waals surface area contributed by atoms with Gasteiger partial charge in [0.2, 0.25) is 5.91 Å². The number of rotatable bonds is 9. The summed E-state index contributed by atoms with van der Waals surface area (Å²) in [4.78, 5) is 35.7. The molecule has 0 unspecified atom stereocenters. The zero-order valence-corrected chi connectivity index (χ0v) is 16.2. The minimum Gasteiger partial charge on any atom is -0.493 e. The molecule has 148 valence electrons. The van der Waals surface area contributed by atoms with E-state index in [1.165, 1.54) is 31.6 Å². The summed E-state index contributed by atoms with van der Waals surface area (Å²) in [6.45, 7) is -0.272. The minimum atomic E-state index is -0.874. The molecule has 0 saturated heterocycles. The highest BCUT2D eigenvalue weighted by molar-refractivity contribution is 7.10. The average molecular weight is 404 g/mol. The summed E-state index contributed by atoms with van der Waals surface area (Å²) in [5.74, 6) is -0.881. The van der Waals surface area contributed by atoms with Crippen LogP contribution >= 0.6 is 11.3 Å². The lowest BCUT2D eigenvalue weighted by Crippen LogP contribution is -2.32. The Kier molecular flexibility index (Phi) is 7.58. The van der Waals surface area contributed by atoms with E-state index in [1.54, 1.807) is 41.8 Å². The fourth-order valence-electron chi connectivity index (χ4n) is 2.24. The molecule has 0 aliphatic heterocycles. The first kappa shape index (κ1) is 21.0. The molecule has 1 aromatic carbocycles. The zero-order chi connectivity index (χ0) is 20.5. The Bertz CT molecular complexity index is 863. The molecule has 0 aliphatic carbocycles. The Morgan fingerprint density at radius 3 is 2.61 bits per heavy atom. The van der Waals surface area contributed by atoms with Gasteiger partial charge in [-0.05, 0) is 35.2 Å². The van der Waals surface area contributed by atoms with E-state index in [9.17, 15) is 14.4 Å². The quantitative estimate of drug-likeness (QED) is 0.485. The van der Waals surface area contributed by atoms with Crippen LogP contribution in [0.5, 0.6) is 11.5 Å².